The maximum Gasteiger partial charge on any atom is 0.333 e. The molecule has 0 radical (unpaired) electrons. The topological polar surface area (TPSA) is 11.4 Å². The second kappa shape index (κ2) is 16.6. The summed E-state index contributed by atoms with van der Waals surface area (Å²) in [6.45, 7) is 40.4. The van der Waals surface area contributed by atoms with E-state index in [0.29, 0.717) is 0 Å². The van der Waals surface area contributed by atoms with Gasteiger partial charge in [0.05, 0.1) is 5.54 Å². The second-order valence-electron chi connectivity index (χ2n) is 29.1. The van der Waals surface area contributed by atoms with Gasteiger partial charge in [0, 0.05) is 61.6 Å². The number of aromatic nitrogens is 1. The molecule has 388 valence electrons. The quantitative estimate of drug-likeness (QED) is 0.163. The van der Waals surface area contributed by atoms with E-state index in [1.165, 1.54) is 130 Å². The lowest BCUT2D eigenvalue weighted by atomic mass is 9.44. The van der Waals surface area contributed by atoms with Crippen molar-refractivity contribution in [2.45, 2.75) is 181 Å². The molecule has 2 unspecified atom stereocenters. The Morgan fingerprint density at radius 1 is 0.447 bits per heavy atom. The number of hydrogen-bond acceptors (Lipinski definition) is 2. The Hall–Kier alpha value is -6.26. The highest BCUT2D eigenvalue weighted by Crippen LogP contribution is 2.62. The second-order valence-corrected chi connectivity index (χ2v) is 29.1. The van der Waals surface area contributed by atoms with Crippen molar-refractivity contribution in [1.82, 2.24) is 4.48 Å². The smallest absolute Gasteiger partial charge is 0.333 e. The molecule has 0 spiro atoms. The van der Waals surface area contributed by atoms with E-state index in [-0.39, 0.29) is 44.9 Å². The van der Waals surface area contributed by atoms with Crippen molar-refractivity contribution in [3.63, 3.8) is 0 Å². The van der Waals surface area contributed by atoms with Crippen LogP contribution >= 0.6 is 0 Å². The number of fused-ring (bicyclic) bond motifs is 7. The molecule has 1 fully saturated rings. The molecule has 0 saturated heterocycles. The highest BCUT2D eigenvalue weighted by atomic mass is 15.3. The predicted molar refractivity (Wildman–Crippen MR) is 330 cm³/mol. The van der Waals surface area contributed by atoms with Crippen LogP contribution in [0.3, 0.4) is 0 Å². The highest BCUT2D eigenvalue weighted by molar-refractivity contribution is 6.90. The van der Waals surface area contributed by atoms with Crippen molar-refractivity contribution in [1.29, 1.82) is 0 Å². The molecule has 4 aliphatic rings. The number of anilines is 5. The number of hydrogen-bond donors (Lipinski definition) is 0. The van der Waals surface area contributed by atoms with Gasteiger partial charge in [-0.2, -0.15) is 0 Å². The minimum atomic E-state index is -0.121. The summed E-state index contributed by atoms with van der Waals surface area (Å²) in [5, 5.41) is 1.33. The van der Waals surface area contributed by atoms with Gasteiger partial charge in [0.15, 0.2) is 0 Å². The lowest BCUT2D eigenvalue weighted by Gasteiger charge is -2.50. The number of para-hydroxylation sites is 1. The van der Waals surface area contributed by atoms with Gasteiger partial charge in [-0.3, -0.25) is 0 Å². The van der Waals surface area contributed by atoms with Crippen LogP contribution in [-0.2, 0) is 32.5 Å². The van der Waals surface area contributed by atoms with Gasteiger partial charge in [-0.05, 0) is 156 Å². The van der Waals surface area contributed by atoms with Gasteiger partial charge in [-0.1, -0.05) is 215 Å². The van der Waals surface area contributed by atoms with Crippen LogP contribution in [0.15, 0.2) is 140 Å². The first-order valence-electron chi connectivity index (χ1n) is 28.7. The molecule has 4 heteroatoms. The Bertz CT molecular complexity index is 3610. The lowest BCUT2D eigenvalue weighted by molar-refractivity contribution is 0.195. The predicted octanol–water partition coefficient (Wildman–Crippen LogP) is 18.6. The van der Waals surface area contributed by atoms with Crippen molar-refractivity contribution >= 4 is 57.1 Å². The Labute approximate surface area is 456 Å². The van der Waals surface area contributed by atoms with E-state index in [1.807, 2.05) is 0 Å². The summed E-state index contributed by atoms with van der Waals surface area (Å²) in [5.74, 6) is 0. The van der Waals surface area contributed by atoms with Crippen molar-refractivity contribution in [2.75, 3.05) is 9.80 Å². The van der Waals surface area contributed by atoms with Gasteiger partial charge in [0.1, 0.15) is 0 Å². The summed E-state index contributed by atoms with van der Waals surface area (Å²) in [6, 6.07) is 56.0. The molecule has 76 heavy (non-hydrogen) atoms. The van der Waals surface area contributed by atoms with E-state index in [4.69, 9.17) is 0 Å². The molecule has 3 aliphatic heterocycles. The lowest BCUT2D eigenvalue weighted by Crippen LogP contribution is -2.57. The zero-order valence-corrected chi connectivity index (χ0v) is 49.0. The van der Waals surface area contributed by atoms with Gasteiger partial charge in [-0.15, -0.1) is 0 Å². The average Bonchev–Trinajstić information content (AvgIpc) is 3.97. The third kappa shape index (κ3) is 7.56. The fraction of sp³-hybridized carbons (Fsp3) is 0.389. The molecule has 1 saturated carbocycles. The van der Waals surface area contributed by atoms with Gasteiger partial charge in [0.25, 0.3) is 0 Å². The molecule has 2 atom stereocenters. The van der Waals surface area contributed by atoms with Crippen LogP contribution in [-0.4, -0.2) is 16.9 Å². The molecule has 0 amide bonds. The molecule has 3 nitrogen and oxygen atoms in total. The normalized spacial score (nSPS) is 19.2. The zero-order chi connectivity index (χ0) is 54.0. The molecule has 1 aliphatic carbocycles. The van der Waals surface area contributed by atoms with Crippen LogP contribution < -0.4 is 20.7 Å². The fourth-order valence-electron chi connectivity index (χ4n) is 14.1. The van der Waals surface area contributed by atoms with Crippen LogP contribution in [0, 0.1) is 0 Å². The molecule has 1 aromatic heterocycles. The van der Waals surface area contributed by atoms with Crippen LogP contribution in [0.2, 0.25) is 0 Å². The van der Waals surface area contributed by atoms with E-state index in [2.05, 4.69) is 272 Å². The summed E-state index contributed by atoms with van der Waals surface area (Å²) >= 11 is 0. The van der Waals surface area contributed by atoms with E-state index in [0.717, 1.165) is 12.8 Å². The van der Waals surface area contributed by atoms with Crippen molar-refractivity contribution in [3.05, 3.63) is 173 Å². The van der Waals surface area contributed by atoms with E-state index in [1.54, 1.807) is 0 Å². The SMILES string of the molecule is CC(C)(C)c1ccc(-c2c(-c3ccc(C(C)(C)C)cc3)n3c4c(cc(C(C)(C)C)cc24)-c2cc(C(C)(C)C)cc4c2B3c2cc3c(cc2N4c2ccc(C(C)(C)C)cc2)N(c2ccccc2)C2(C)CCCCC32C)cc1. The van der Waals surface area contributed by atoms with Gasteiger partial charge in [0.2, 0.25) is 0 Å². The Morgan fingerprint density at radius 2 is 0.961 bits per heavy atom. The van der Waals surface area contributed by atoms with Crippen LogP contribution in [0.4, 0.5) is 28.4 Å². The first-order valence-corrected chi connectivity index (χ1v) is 28.7. The summed E-state index contributed by atoms with van der Waals surface area (Å²) in [4.78, 5) is 5.46. The van der Waals surface area contributed by atoms with Crippen LogP contribution in [0.1, 0.15) is 177 Å². The summed E-state index contributed by atoms with van der Waals surface area (Å²) in [6.07, 6.45) is 4.77. The third-order valence-electron chi connectivity index (χ3n) is 18.9. The molecular formula is C72H82BN3. The van der Waals surface area contributed by atoms with Crippen LogP contribution in [0.25, 0.3) is 44.4 Å². The summed E-state index contributed by atoms with van der Waals surface area (Å²) in [7, 11) is 0. The minimum absolute atomic E-state index is 0.0181. The van der Waals surface area contributed by atoms with Crippen molar-refractivity contribution in [3.8, 4) is 33.5 Å². The highest BCUT2D eigenvalue weighted by Gasteiger charge is 2.59. The average molecular weight is 1000 g/mol. The number of rotatable bonds is 4. The molecule has 0 N–H and O–H groups in total. The van der Waals surface area contributed by atoms with Gasteiger partial charge >= 0.3 is 6.85 Å². The molecule has 4 heterocycles. The summed E-state index contributed by atoms with van der Waals surface area (Å²) in [5.41, 5.74) is 26.2. The summed E-state index contributed by atoms with van der Waals surface area (Å²) < 4.78 is 2.86. The first kappa shape index (κ1) is 50.6. The maximum atomic E-state index is 2.86. The maximum absolute atomic E-state index is 2.86. The molecular weight excluding hydrogens is 918 g/mol. The van der Waals surface area contributed by atoms with Gasteiger partial charge < -0.3 is 14.3 Å². The molecule has 12 rings (SSSR count). The first-order chi connectivity index (χ1) is 35.6. The third-order valence-corrected chi connectivity index (χ3v) is 18.9. The zero-order valence-electron chi connectivity index (χ0n) is 49.0. The van der Waals surface area contributed by atoms with E-state index < -0.39 is 0 Å². The van der Waals surface area contributed by atoms with Crippen LogP contribution in [0.5, 0.6) is 0 Å². The largest absolute Gasteiger partial charge is 0.375 e. The number of benzene rings is 7. The monoisotopic (exact) mass is 1000 g/mol. The Kier molecular flexibility index (Phi) is 11.1. The standard InChI is InChI=1S/C72H82BN3/c1-66(2,3)47-29-25-45(26-30-47)62-56-41-50(69(10,11)12)40-55-54-39-51(70(13,14)15)42-61-63(54)73(76(65(55)56)64(62)46-27-31-48(32-28-46)67(4,5)6)58-43-57-59(44-60(58)74(61)52-35-33-49(34-36-52)68(7,8)9)75(53-23-19-18-20-24-53)72(17)38-22-21-37-71(57,72)16/h18-20,23-36,39-44H,21-22,37-38H2,1-17H3. The van der Waals surface area contributed by atoms with E-state index >= 15 is 0 Å². The van der Waals surface area contributed by atoms with E-state index in [9.17, 15) is 0 Å². The molecule has 0 bridgehead atoms. The Morgan fingerprint density at radius 3 is 1.53 bits per heavy atom. The number of nitrogens with zero attached hydrogens (tertiary/aromatic N) is 3. The van der Waals surface area contributed by atoms with Crippen molar-refractivity contribution in [2.24, 2.45) is 0 Å². The molecule has 8 aromatic rings. The minimum Gasteiger partial charge on any atom is -0.375 e. The molecule has 7 aromatic carbocycles. The Balaban J connectivity index is 1.28. The van der Waals surface area contributed by atoms with Gasteiger partial charge in [-0.25, -0.2) is 0 Å². The fourth-order valence-corrected chi connectivity index (χ4v) is 14.1. The van der Waals surface area contributed by atoms with Crippen molar-refractivity contribution < 1.29 is 0 Å².